The van der Waals surface area contributed by atoms with Crippen LogP contribution in [-0.4, -0.2) is 27.5 Å². The molecule has 1 N–H and O–H groups in total. The number of aryl methyl sites for hydroxylation is 1. The predicted octanol–water partition coefficient (Wildman–Crippen LogP) is 3.27. The van der Waals surface area contributed by atoms with E-state index in [1.165, 1.54) is 32.0 Å². The van der Waals surface area contributed by atoms with E-state index in [2.05, 4.69) is 21.5 Å². The van der Waals surface area contributed by atoms with E-state index in [0.29, 0.717) is 17.9 Å². The summed E-state index contributed by atoms with van der Waals surface area (Å²) in [6.45, 7) is 2.68. The SMILES string of the molecule is CCc1ncnc(NCC2(SC)CCCC2)c1F. The van der Waals surface area contributed by atoms with Gasteiger partial charge in [-0.2, -0.15) is 11.8 Å². The summed E-state index contributed by atoms with van der Waals surface area (Å²) in [4.78, 5) is 7.95. The van der Waals surface area contributed by atoms with Crippen molar-refractivity contribution in [3.05, 3.63) is 17.8 Å². The van der Waals surface area contributed by atoms with Crippen molar-refractivity contribution in [2.24, 2.45) is 0 Å². The molecule has 1 aromatic heterocycles. The molecule has 0 aromatic carbocycles. The van der Waals surface area contributed by atoms with Crippen molar-refractivity contribution in [1.29, 1.82) is 0 Å². The zero-order valence-electron chi connectivity index (χ0n) is 11.0. The third-order valence-corrected chi connectivity index (χ3v) is 5.14. The first-order valence-corrected chi connectivity index (χ1v) is 7.71. The summed E-state index contributed by atoms with van der Waals surface area (Å²) in [5.41, 5.74) is 0.483. The monoisotopic (exact) mass is 269 g/mol. The van der Waals surface area contributed by atoms with Crippen LogP contribution in [0, 0.1) is 5.82 Å². The molecule has 0 spiro atoms. The number of aromatic nitrogens is 2. The Morgan fingerprint density at radius 2 is 2.11 bits per heavy atom. The van der Waals surface area contributed by atoms with Crippen LogP contribution in [0.2, 0.25) is 0 Å². The first-order chi connectivity index (χ1) is 8.71. The Bertz CT molecular complexity index is 405. The number of hydrogen-bond donors (Lipinski definition) is 1. The standard InChI is InChI=1S/C13H20FN3S/c1-3-10-11(14)12(17-9-16-10)15-8-13(18-2)6-4-5-7-13/h9H,3-8H2,1-2H3,(H,15,16,17). The van der Waals surface area contributed by atoms with Gasteiger partial charge in [0.25, 0.3) is 0 Å². The molecule has 2 rings (SSSR count). The number of hydrogen-bond acceptors (Lipinski definition) is 4. The molecule has 1 aliphatic rings. The van der Waals surface area contributed by atoms with Crippen molar-refractivity contribution in [2.45, 2.75) is 43.8 Å². The van der Waals surface area contributed by atoms with Crippen molar-refractivity contribution >= 4 is 17.6 Å². The third kappa shape index (κ3) is 2.76. The van der Waals surface area contributed by atoms with E-state index in [4.69, 9.17) is 0 Å². The molecule has 18 heavy (non-hydrogen) atoms. The highest BCUT2D eigenvalue weighted by Crippen LogP contribution is 2.40. The summed E-state index contributed by atoms with van der Waals surface area (Å²) in [6, 6.07) is 0. The molecule has 1 heterocycles. The fourth-order valence-corrected chi connectivity index (χ4v) is 3.41. The number of nitrogens with one attached hydrogen (secondary N) is 1. The van der Waals surface area contributed by atoms with Gasteiger partial charge in [0.2, 0.25) is 0 Å². The van der Waals surface area contributed by atoms with E-state index in [1.54, 1.807) is 0 Å². The quantitative estimate of drug-likeness (QED) is 0.890. The zero-order valence-corrected chi connectivity index (χ0v) is 11.8. The van der Waals surface area contributed by atoms with Gasteiger partial charge in [0, 0.05) is 11.3 Å². The van der Waals surface area contributed by atoms with Gasteiger partial charge in [0.15, 0.2) is 11.6 Å². The van der Waals surface area contributed by atoms with Gasteiger partial charge < -0.3 is 5.32 Å². The summed E-state index contributed by atoms with van der Waals surface area (Å²) >= 11 is 1.89. The van der Waals surface area contributed by atoms with E-state index in [1.807, 2.05) is 18.7 Å². The molecule has 1 aliphatic carbocycles. The molecule has 5 heteroatoms. The molecular weight excluding hydrogens is 249 g/mol. The Kier molecular flexibility index (Phi) is 4.43. The average molecular weight is 269 g/mol. The molecule has 0 amide bonds. The molecule has 100 valence electrons. The Hall–Kier alpha value is -0.840. The Labute approximate surface area is 112 Å². The lowest BCUT2D eigenvalue weighted by atomic mass is 10.1. The van der Waals surface area contributed by atoms with E-state index in [9.17, 15) is 4.39 Å². The summed E-state index contributed by atoms with van der Waals surface area (Å²) in [6.07, 6.45) is 9.12. The minimum absolute atomic E-state index is 0.254. The van der Waals surface area contributed by atoms with E-state index in [0.717, 1.165) is 6.54 Å². The lowest BCUT2D eigenvalue weighted by Crippen LogP contribution is -2.30. The average Bonchev–Trinajstić information content (AvgIpc) is 2.87. The fraction of sp³-hybridized carbons (Fsp3) is 0.692. The molecule has 0 atom stereocenters. The number of thioether (sulfide) groups is 1. The van der Waals surface area contributed by atoms with Gasteiger partial charge in [-0.3, -0.25) is 0 Å². The van der Waals surface area contributed by atoms with Crippen molar-refractivity contribution in [2.75, 3.05) is 18.1 Å². The Morgan fingerprint density at radius 3 is 2.72 bits per heavy atom. The van der Waals surface area contributed by atoms with Crippen molar-refractivity contribution < 1.29 is 4.39 Å². The van der Waals surface area contributed by atoms with Crippen molar-refractivity contribution in [3.8, 4) is 0 Å². The highest BCUT2D eigenvalue weighted by Gasteiger charge is 2.33. The molecule has 3 nitrogen and oxygen atoms in total. The highest BCUT2D eigenvalue weighted by molar-refractivity contribution is 8.00. The maximum absolute atomic E-state index is 14.0. The molecule has 0 aliphatic heterocycles. The van der Waals surface area contributed by atoms with Crippen LogP contribution in [0.15, 0.2) is 6.33 Å². The predicted molar refractivity (Wildman–Crippen MR) is 74.6 cm³/mol. The summed E-state index contributed by atoms with van der Waals surface area (Å²) < 4.78 is 14.2. The van der Waals surface area contributed by atoms with Gasteiger partial charge in [-0.05, 0) is 25.5 Å². The van der Waals surface area contributed by atoms with Gasteiger partial charge in [-0.25, -0.2) is 14.4 Å². The second-order valence-electron chi connectivity index (χ2n) is 4.78. The maximum Gasteiger partial charge on any atom is 0.186 e. The van der Waals surface area contributed by atoms with Crippen molar-refractivity contribution in [3.63, 3.8) is 0 Å². The smallest absolute Gasteiger partial charge is 0.186 e. The lowest BCUT2D eigenvalue weighted by Gasteiger charge is -2.27. The highest BCUT2D eigenvalue weighted by atomic mass is 32.2. The zero-order chi connectivity index (χ0) is 13.0. The number of rotatable bonds is 5. The number of halogens is 1. The largest absolute Gasteiger partial charge is 0.366 e. The Morgan fingerprint density at radius 1 is 1.39 bits per heavy atom. The first-order valence-electron chi connectivity index (χ1n) is 6.49. The number of nitrogens with zero attached hydrogens (tertiary/aromatic N) is 2. The normalized spacial score (nSPS) is 17.9. The van der Waals surface area contributed by atoms with Gasteiger partial charge in [-0.15, -0.1) is 0 Å². The second-order valence-corrected chi connectivity index (χ2v) is 6.06. The van der Waals surface area contributed by atoms with Crippen LogP contribution in [0.3, 0.4) is 0 Å². The minimum atomic E-state index is -0.297. The molecule has 0 bridgehead atoms. The minimum Gasteiger partial charge on any atom is -0.366 e. The van der Waals surface area contributed by atoms with Gasteiger partial charge in [0.1, 0.15) is 6.33 Å². The van der Waals surface area contributed by atoms with Gasteiger partial charge >= 0.3 is 0 Å². The van der Waals surface area contributed by atoms with E-state index < -0.39 is 0 Å². The van der Waals surface area contributed by atoms with Crippen LogP contribution in [0.25, 0.3) is 0 Å². The van der Waals surface area contributed by atoms with Crippen LogP contribution in [-0.2, 0) is 6.42 Å². The first kappa shape index (κ1) is 13.6. The van der Waals surface area contributed by atoms with Crippen LogP contribution < -0.4 is 5.32 Å². The lowest BCUT2D eigenvalue weighted by molar-refractivity contribution is 0.588. The molecule has 0 saturated heterocycles. The van der Waals surface area contributed by atoms with Crippen molar-refractivity contribution in [1.82, 2.24) is 9.97 Å². The van der Waals surface area contributed by atoms with Crippen LogP contribution in [0.5, 0.6) is 0 Å². The fourth-order valence-electron chi connectivity index (χ4n) is 2.49. The summed E-state index contributed by atoms with van der Waals surface area (Å²) in [5, 5.41) is 3.17. The van der Waals surface area contributed by atoms with E-state index in [-0.39, 0.29) is 10.6 Å². The maximum atomic E-state index is 14.0. The molecular formula is C13H20FN3S. The summed E-state index contributed by atoms with van der Waals surface area (Å²) in [7, 11) is 0. The van der Waals surface area contributed by atoms with E-state index >= 15 is 0 Å². The molecule has 0 unspecified atom stereocenters. The second kappa shape index (κ2) is 5.87. The summed E-state index contributed by atoms with van der Waals surface area (Å²) in [5.74, 6) is 0.0522. The van der Waals surface area contributed by atoms with Crippen LogP contribution >= 0.6 is 11.8 Å². The topological polar surface area (TPSA) is 37.8 Å². The third-order valence-electron chi connectivity index (χ3n) is 3.72. The molecule has 1 fully saturated rings. The Balaban J connectivity index is 2.05. The molecule has 1 saturated carbocycles. The number of anilines is 1. The molecule has 1 aromatic rings. The molecule has 0 radical (unpaired) electrons. The van der Waals surface area contributed by atoms with Crippen LogP contribution in [0.4, 0.5) is 10.2 Å². The van der Waals surface area contributed by atoms with Gasteiger partial charge in [-0.1, -0.05) is 19.8 Å². The van der Waals surface area contributed by atoms with Gasteiger partial charge in [0.05, 0.1) is 5.69 Å². The van der Waals surface area contributed by atoms with Crippen LogP contribution in [0.1, 0.15) is 38.3 Å².